The number of carbonyl (C=O) groups is 1. The van der Waals surface area contributed by atoms with Gasteiger partial charge in [0.05, 0.1) is 4.34 Å². The normalized spacial score (nSPS) is 11.7. The molecule has 2 N–H and O–H groups in total. The lowest BCUT2D eigenvalue weighted by atomic mass is 10.1. The van der Waals surface area contributed by atoms with Crippen molar-refractivity contribution in [2.45, 2.75) is 43.2 Å². The molecule has 0 fully saturated rings. The third-order valence-corrected chi connectivity index (χ3v) is 6.20. The highest BCUT2D eigenvalue weighted by Crippen LogP contribution is 2.29. The lowest BCUT2D eigenvalue weighted by Crippen LogP contribution is -2.23. The van der Waals surface area contributed by atoms with Crippen molar-refractivity contribution in [1.29, 1.82) is 0 Å². The van der Waals surface area contributed by atoms with Crippen LogP contribution in [-0.2, 0) is 14.8 Å². The first kappa shape index (κ1) is 17.4. The van der Waals surface area contributed by atoms with Gasteiger partial charge in [0.15, 0.2) is 0 Å². The maximum absolute atomic E-state index is 11.9. The van der Waals surface area contributed by atoms with Crippen LogP contribution in [0.25, 0.3) is 0 Å². The van der Waals surface area contributed by atoms with E-state index in [2.05, 4.69) is 4.72 Å². The smallest absolute Gasteiger partial charge is 0.303 e. The molecule has 0 aromatic carbocycles. The Morgan fingerprint density at radius 2 is 2.00 bits per heavy atom. The van der Waals surface area contributed by atoms with Crippen LogP contribution in [0, 0.1) is 6.92 Å². The topological polar surface area (TPSA) is 83.5 Å². The van der Waals surface area contributed by atoms with E-state index in [-0.39, 0.29) is 10.6 Å². The number of aliphatic carboxylic acids is 1. The fourth-order valence-electron chi connectivity index (χ4n) is 1.60. The summed E-state index contributed by atoms with van der Waals surface area (Å²) in [6, 6.07) is 1.56. The minimum atomic E-state index is -3.48. The van der Waals surface area contributed by atoms with E-state index in [0.29, 0.717) is 23.7 Å². The van der Waals surface area contributed by atoms with Crippen molar-refractivity contribution in [3.8, 4) is 0 Å². The summed E-state index contributed by atoms with van der Waals surface area (Å²) >= 11 is 6.90. The highest BCUT2D eigenvalue weighted by molar-refractivity contribution is 7.91. The third-order valence-electron chi connectivity index (χ3n) is 2.71. The number of sulfonamides is 1. The molecular weight excluding hydrogens is 322 g/mol. The Morgan fingerprint density at radius 3 is 2.55 bits per heavy atom. The molecule has 0 aliphatic heterocycles. The van der Waals surface area contributed by atoms with Crippen LogP contribution in [0.15, 0.2) is 10.3 Å². The van der Waals surface area contributed by atoms with Crippen LogP contribution in [0.2, 0.25) is 4.34 Å². The van der Waals surface area contributed by atoms with Crippen molar-refractivity contribution >= 4 is 38.9 Å². The first-order valence-electron chi connectivity index (χ1n) is 6.30. The van der Waals surface area contributed by atoms with Gasteiger partial charge in [0.1, 0.15) is 4.21 Å². The molecular formula is C12H18ClNO4S2. The third kappa shape index (κ3) is 5.78. The molecule has 1 aromatic heterocycles. The van der Waals surface area contributed by atoms with Gasteiger partial charge in [-0.1, -0.05) is 24.4 Å². The lowest BCUT2D eigenvalue weighted by Gasteiger charge is -2.04. The van der Waals surface area contributed by atoms with Gasteiger partial charge in [-0.3, -0.25) is 4.79 Å². The van der Waals surface area contributed by atoms with Crippen LogP contribution in [0.5, 0.6) is 0 Å². The summed E-state index contributed by atoms with van der Waals surface area (Å²) in [5.74, 6) is -0.796. The van der Waals surface area contributed by atoms with E-state index < -0.39 is 16.0 Å². The molecule has 0 unspecified atom stereocenters. The van der Waals surface area contributed by atoms with Gasteiger partial charge in [0, 0.05) is 13.0 Å². The van der Waals surface area contributed by atoms with Crippen LogP contribution in [0.3, 0.4) is 0 Å². The van der Waals surface area contributed by atoms with Crippen molar-refractivity contribution in [2.75, 3.05) is 6.54 Å². The number of aryl methyl sites for hydroxylation is 1. The highest BCUT2D eigenvalue weighted by atomic mass is 35.5. The van der Waals surface area contributed by atoms with Gasteiger partial charge in [-0.15, -0.1) is 11.3 Å². The van der Waals surface area contributed by atoms with E-state index in [1.165, 1.54) is 0 Å². The van der Waals surface area contributed by atoms with Crippen LogP contribution in [0.1, 0.15) is 37.7 Å². The summed E-state index contributed by atoms with van der Waals surface area (Å²) in [5.41, 5.74) is 0.755. The molecule has 0 amide bonds. The zero-order chi connectivity index (χ0) is 15.2. The first-order chi connectivity index (χ1) is 9.33. The predicted molar refractivity (Wildman–Crippen MR) is 80.0 cm³/mol. The van der Waals surface area contributed by atoms with Gasteiger partial charge in [-0.05, 0) is 31.4 Å². The van der Waals surface area contributed by atoms with Crippen LogP contribution in [-0.4, -0.2) is 26.0 Å². The van der Waals surface area contributed by atoms with Crippen LogP contribution in [0.4, 0.5) is 0 Å². The predicted octanol–water partition coefficient (Wildman–Crippen LogP) is 3.02. The van der Waals surface area contributed by atoms with E-state index in [1.54, 1.807) is 13.0 Å². The fourth-order valence-corrected chi connectivity index (χ4v) is 4.42. The number of rotatable bonds is 9. The average Bonchev–Trinajstić information content (AvgIpc) is 2.69. The number of carboxylic acids is 1. The van der Waals surface area contributed by atoms with E-state index in [9.17, 15) is 13.2 Å². The molecule has 20 heavy (non-hydrogen) atoms. The fraction of sp³-hybridized carbons (Fsp3) is 0.583. The summed E-state index contributed by atoms with van der Waals surface area (Å²) in [6.45, 7) is 2.12. The van der Waals surface area contributed by atoms with Crippen molar-refractivity contribution in [1.82, 2.24) is 4.72 Å². The van der Waals surface area contributed by atoms with Gasteiger partial charge in [-0.25, -0.2) is 13.1 Å². The molecule has 1 rings (SSSR count). The molecule has 0 aliphatic carbocycles. The van der Waals surface area contributed by atoms with Gasteiger partial charge in [0.25, 0.3) is 0 Å². The van der Waals surface area contributed by atoms with E-state index in [4.69, 9.17) is 16.7 Å². The van der Waals surface area contributed by atoms with E-state index in [0.717, 1.165) is 29.7 Å². The number of carboxylic acid groups (broad SMARTS) is 1. The number of hydrogen-bond acceptors (Lipinski definition) is 4. The van der Waals surface area contributed by atoms with Crippen molar-refractivity contribution in [2.24, 2.45) is 0 Å². The minimum absolute atomic E-state index is 0.165. The molecule has 0 radical (unpaired) electrons. The zero-order valence-electron chi connectivity index (χ0n) is 11.2. The summed E-state index contributed by atoms with van der Waals surface area (Å²) in [5, 5.41) is 8.47. The molecule has 0 bridgehead atoms. The molecule has 0 aliphatic rings. The standard InChI is InChI=1S/C12H18ClNO4S2/c1-9-8-11(19-12(9)13)20(17,18)14-7-5-3-2-4-6-10(15)16/h8,14H,2-7H2,1H3,(H,15,16). The Kier molecular flexibility index (Phi) is 6.94. The Balaban J connectivity index is 2.29. The first-order valence-corrected chi connectivity index (χ1v) is 8.98. The molecule has 0 saturated carbocycles. The Morgan fingerprint density at radius 1 is 1.35 bits per heavy atom. The second kappa shape index (κ2) is 7.97. The molecule has 1 aromatic rings. The SMILES string of the molecule is Cc1cc(S(=O)(=O)NCCCCCCC(=O)O)sc1Cl. The Bertz CT molecular complexity index is 534. The van der Waals surface area contributed by atoms with E-state index >= 15 is 0 Å². The van der Waals surface area contributed by atoms with Crippen molar-refractivity contribution in [3.05, 3.63) is 16.0 Å². The van der Waals surface area contributed by atoms with Crippen LogP contribution >= 0.6 is 22.9 Å². The molecule has 1 heterocycles. The summed E-state index contributed by atoms with van der Waals surface area (Å²) in [7, 11) is -3.48. The zero-order valence-corrected chi connectivity index (χ0v) is 13.6. The highest BCUT2D eigenvalue weighted by Gasteiger charge is 2.17. The van der Waals surface area contributed by atoms with E-state index in [1.807, 2.05) is 0 Å². The maximum Gasteiger partial charge on any atom is 0.303 e. The van der Waals surface area contributed by atoms with Gasteiger partial charge in [-0.2, -0.15) is 0 Å². The molecule has 0 atom stereocenters. The molecule has 5 nitrogen and oxygen atoms in total. The number of thiophene rings is 1. The summed E-state index contributed by atoms with van der Waals surface area (Å²) in [4.78, 5) is 10.3. The number of unbranched alkanes of at least 4 members (excludes halogenated alkanes) is 3. The molecule has 114 valence electrons. The summed E-state index contributed by atoms with van der Waals surface area (Å²) < 4.78 is 27.1. The van der Waals surface area contributed by atoms with Gasteiger partial charge >= 0.3 is 5.97 Å². The van der Waals surface area contributed by atoms with Crippen LogP contribution < -0.4 is 4.72 Å². The maximum atomic E-state index is 11.9. The van der Waals surface area contributed by atoms with Crippen molar-refractivity contribution in [3.63, 3.8) is 0 Å². The van der Waals surface area contributed by atoms with Gasteiger partial charge in [0.2, 0.25) is 10.0 Å². The monoisotopic (exact) mass is 339 g/mol. The second-order valence-corrected chi connectivity index (χ2v) is 8.13. The number of halogens is 1. The average molecular weight is 340 g/mol. The van der Waals surface area contributed by atoms with Gasteiger partial charge < -0.3 is 5.11 Å². The largest absolute Gasteiger partial charge is 0.481 e. The second-order valence-electron chi connectivity index (χ2n) is 4.48. The number of hydrogen-bond donors (Lipinski definition) is 2. The minimum Gasteiger partial charge on any atom is -0.481 e. The molecule has 0 saturated heterocycles. The molecule has 0 spiro atoms. The molecule has 8 heteroatoms. The summed E-state index contributed by atoms with van der Waals surface area (Å²) in [6.07, 6.45) is 3.08. The number of nitrogens with one attached hydrogen (secondary N) is 1. The Labute approximate surface area is 128 Å². The Hall–Kier alpha value is -0.630. The van der Waals surface area contributed by atoms with Crippen molar-refractivity contribution < 1.29 is 18.3 Å². The quantitative estimate of drug-likeness (QED) is 0.677. The lowest BCUT2D eigenvalue weighted by molar-refractivity contribution is -0.137.